The molecule has 3 heterocycles. The van der Waals surface area contributed by atoms with Crippen LogP contribution < -0.4 is 5.32 Å². The average Bonchev–Trinajstić information content (AvgIpc) is 3.73. The number of unbranched alkanes of at least 4 members (excludes halogenated alkanes) is 2. The van der Waals surface area contributed by atoms with Gasteiger partial charge in [0, 0.05) is 56.9 Å². The predicted molar refractivity (Wildman–Crippen MR) is 203 cm³/mol. The molecule has 0 radical (unpaired) electrons. The number of carbonyl (C=O) groups is 3. The molecule has 55 heavy (non-hydrogen) atoms. The van der Waals surface area contributed by atoms with E-state index in [1.165, 1.54) is 16.7 Å². The minimum absolute atomic E-state index is 0.0265. The lowest BCUT2D eigenvalue weighted by Crippen LogP contribution is -2.51. The van der Waals surface area contributed by atoms with E-state index in [0.717, 1.165) is 43.0 Å². The number of benzene rings is 2. The molecule has 11 nitrogen and oxygen atoms in total. The van der Waals surface area contributed by atoms with Gasteiger partial charge in [0.15, 0.2) is 0 Å². The lowest BCUT2D eigenvalue weighted by atomic mass is 9.86. The highest BCUT2D eigenvalue weighted by atomic mass is 19.1. The van der Waals surface area contributed by atoms with Crippen molar-refractivity contribution in [3.8, 4) is 11.3 Å². The minimum atomic E-state index is -1.50. The first kappa shape index (κ1) is 41.6. The van der Waals surface area contributed by atoms with E-state index in [4.69, 9.17) is 9.72 Å². The van der Waals surface area contributed by atoms with Crippen molar-refractivity contribution in [3.63, 3.8) is 0 Å². The van der Waals surface area contributed by atoms with Crippen molar-refractivity contribution in [1.29, 1.82) is 0 Å². The van der Waals surface area contributed by atoms with Crippen LogP contribution in [0.4, 0.5) is 22.8 Å². The van der Waals surface area contributed by atoms with Crippen LogP contribution in [0, 0.1) is 23.5 Å². The molecule has 0 bridgehead atoms. The number of aliphatic hydroxyl groups excluding tert-OH is 1. The number of amides is 4. The van der Waals surface area contributed by atoms with E-state index in [-0.39, 0.29) is 49.4 Å². The van der Waals surface area contributed by atoms with Crippen LogP contribution in [0.5, 0.6) is 0 Å². The number of urea groups is 1. The Kier molecular flexibility index (Phi) is 13.9. The number of aromatic nitrogens is 2. The fourth-order valence-corrected chi connectivity index (χ4v) is 7.41. The molecule has 300 valence electrons. The van der Waals surface area contributed by atoms with Gasteiger partial charge in [-0.15, -0.1) is 0 Å². The Morgan fingerprint density at radius 2 is 1.75 bits per heavy atom. The number of aliphatic hydroxyl groups is 1. The largest absolute Gasteiger partial charge is 0.444 e. The molecule has 1 aromatic heterocycles. The van der Waals surface area contributed by atoms with Crippen LogP contribution in [0.15, 0.2) is 54.7 Å². The van der Waals surface area contributed by atoms with E-state index in [2.05, 4.69) is 12.2 Å². The van der Waals surface area contributed by atoms with Gasteiger partial charge in [-0.1, -0.05) is 50.1 Å². The number of imidazole rings is 1. The number of nitrogens with zero attached hydrogens (tertiary/aromatic N) is 5. The lowest BCUT2D eigenvalue weighted by molar-refractivity contribution is -0.145. The van der Waals surface area contributed by atoms with Crippen LogP contribution in [0.25, 0.3) is 11.3 Å². The number of carbonyl (C=O) groups excluding carboxylic acids is 3. The van der Waals surface area contributed by atoms with E-state index >= 15 is 8.78 Å². The molecule has 2 N–H and O–H groups in total. The number of ether oxygens (including phenoxy) is 1. The summed E-state index contributed by atoms with van der Waals surface area (Å²) in [6.07, 6.45) is 1.76. The molecule has 0 saturated carbocycles. The first-order chi connectivity index (χ1) is 26.1. The zero-order chi connectivity index (χ0) is 39.9. The summed E-state index contributed by atoms with van der Waals surface area (Å²) in [4.78, 5) is 49.7. The monoisotopic (exact) mass is 768 g/mol. The van der Waals surface area contributed by atoms with Crippen molar-refractivity contribution in [2.75, 3.05) is 39.3 Å². The zero-order valence-corrected chi connectivity index (χ0v) is 32.5. The standard InChI is InChI=1S/C41H55F3N6O5/c1-6-7-11-18-45-39(53)47-19-16-29(17-20-47)36(50(38(52)27(2)51)24-30-23-49(25-34(30)44)40(54)55-41(3,4)5)37-46-35(32-21-31(42)14-15-33(32)43)26-48(37)22-28-12-9-8-10-13-28/h8-10,12-15,21,26-27,29-30,34,36,51H,6-7,11,16-20,22-25H2,1-5H3,(H,45,53)/t27-,30?,34?,36?/m0/s1. The number of likely N-dealkylation sites (tertiary alicyclic amines) is 2. The Bertz CT molecular complexity index is 1760. The number of hydrogen-bond acceptors (Lipinski definition) is 6. The van der Waals surface area contributed by atoms with Crippen molar-refractivity contribution in [3.05, 3.63) is 77.8 Å². The first-order valence-corrected chi connectivity index (χ1v) is 19.3. The number of piperidine rings is 1. The van der Waals surface area contributed by atoms with Crippen LogP contribution in [-0.4, -0.2) is 105 Å². The molecule has 2 fully saturated rings. The molecule has 3 aromatic rings. The molecule has 5 rings (SSSR count). The fourth-order valence-electron chi connectivity index (χ4n) is 7.41. The third kappa shape index (κ3) is 10.8. The molecule has 14 heteroatoms. The Morgan fingerprint density at radius 3 is 2.40 bits per heavy atom. The number of halogens is 3. The fraction of sp³-hybridized carbons (Fsp3) is 0.561. The van der Waals surface area contributed by atoms with Gasteiger partial charge in [-0.25, -0.2) is 27.7 Å². The number of hydrogen-bond donors (Lipinski definition) is 2. The van der Waals surface area contributed by atoms with Crippen molar-refractivity contribution in [1.82, 2.24) is 29.6 Å². The summed E-state index contributed by atoms with van der Waals surface area (Å²) >= 11 is 0. The smallest absolute Gasteiger partial charge is 0.410 e. The van der Waals surface area contributed by atoms with Crippen LogP contribution in [0.1, 0.15) is 84.2 Å². The molecular formula is C41H55F3N6O5. The van der Waals surface area contributed by atoms with Gasteiger partial charge in [-0.05, 0) is 76.6 Å². The van der Waals surface area contributed by atoms with E-state index in [9.17, 15) is 23.9 Å². The number of nitrogens with one attached hydrogen (secondary N) is 1. The third-order valence-corrected chi connectivity index (χ3v) is 10.2. The van der Waals surface area contributed by atoms with Crippen molar-refractivity contribution < 1.29 is 37.4 Å². The highest BCUT2D eigenvalue weighted by molar-refractivity contribution is 5.81. The molecule has 2 saturated heterocycles. The Balaban J connectivity index is 1.56. The highest BCUT2D eigenvalue weighted by Crippen LogP contribution is 2.39. The summed E-state index contributed by atoms with van der Waals surface area (Å²) in [5.74, 6) is -2.83. The maximum atomic E-state index is 15.9. The molecule has 2 aliphatic rings. The predicted octanol–water partition coefficient (Wildman–Crippen LogP) is 6.94. The van der Waals surface area contributed by atoms with Crippen LogP contribution >= 0.6 is 0 Å². The van der Waals surface area contributed by atoms with E-state index < -0.39 is 53.5 Å². The minimum Gasteiger partial charge on any atom is -0.444 e. The zero-order valence-electron chi connectivity index (χ0n) is 32.5. The summed E-state index contributed by atoms with van der Waals surface area (Å²) < 4.78 is 53.1. The first-order valence-electron chi connectivity index (χ1n) is 19.3. The van der Waals surface area contributed by atoms with Gasteiger partial charge in [0.2, 0.25) is 0 Å². The van der Waals surface area contributed by atoms with Gasteiger partial charge in [0.05, 0.1) is 18.3 Å². The molecular weight excluding hydrogens is 713 g/mol. The third-order valence-electron chi connectivity index (χ3n) is 10.2. The second-order valence-corrected chi connectivity index (χ2v) is 15.8. The van der Waals surface area contributed by atoms with Gasteiger partial charge in [-0.3, -0.25) is 4.79 Å². The Labute approximate surface area is 321 Å². The summed E-state index contributed by atoms with van der Waals surface area (Å²) in [6, 6.07) is 11.5. The van der Waals surface area contributed by atoms with E-state index in [1.807, 2.05) is 30.3 Å². The molecule has 4 amide bonds. The van der Waals surface area contributed by atoms with E-state index in [0.29, 0.717) is 38.3 Å². The maximum absolute atomic E-state index is 15.9. The van der Waals surface area contributed by atoms with Gasteiger partial charge < -0.3 is 34.4 Å². The van der Waals surface area contributed by atoms with E-state index in [1.54, 1.807) is 36.4 Å². The number of alkyl halides is 1. The van der Waals surface area contributed by atoms with Gasteiger partial charge >= 0.3 is 12.1 Å². The summed E-state index contributed by atoms with van der Waals surface area (Å²) in [7, 11) is 0. The number of rotatable bonds is 13. The molecule has 2 aromatic carbocycles. The van der Waals surface area contributed by atoms with Crippen molar-refractivity contribution >= 4 is 18.0 Å². The SMILES string of the molecule is CCCCCNC(=O)N1CCC(C(c2nc(-c3cc(F)ccc3F)cn2Cc2ccccc2)N(CC2CN(C(=O)OC(C)(C)C)CC2F)C(=O)[C@H](C)O)CC1. The van der Waals surface area contributed by atoms with Crippen LogP contribution in [0.3, 0.4) is 0 Å². The quantitative estimate of drug-likeness (QED) is 0.182. The van der Waals surface area contributed by atoms with Gasteiger partial charge in [-0.2, -0.15) is 0 Å². The summed E-state index contributed by atoms with van der Waals surface area (Å²) in [5, 5.41) is 13.8. The summed E-state index contributed by atoms with van der Waals surface area (Å²) in [6.45, 7) is 9.74. The second-order valence-electron chi connectivity index (χ2n) is 15.8. The molecule has 0 aliphatic carbocycles. The van der Waals surface area contributed by atoms with Crippen LogP contribution in [0.2, 0.25) is 0 Å². The topological polar surface area (TPSA) is 120 Å². The van der Waals surface area contributed by atoms with Crippen molar-refractivity contribution in [2.24, 2.45) is 11.8 Å². The highest BCUT2D eigenvalue weighted by Gasteiger charge is 2.44. The molecule has 4 atom stereocenters. The Morgan fingerprint density at radius 1 is 1.04 bits per heavy atom. The van der Waals surface area contributed by atoms with Gasteiger partial charge in [0.25, 0.3) is 5.91 Å². The van der Waals surface area contributed by atoms with Crippen LogP contribution in [-0.2, 0) is 16.1 Å². The summed E-state index contributed by atoms with van der Waals surface area (Å²) in [5.41, 5.74) is 0.154. The van der Waals surface area contributed by atoms with Crippen molar-refractivity contribution in [2.45, 2.75) is 97.2 Å². The average molecular weight is 769 g/mol. The molecule has 0 spiro atoms. The Hall–Kier alpha value is -4.59. The van der Waals surface area contributed by atoms with Gasteiger partial charge in [0.1, 0.15) is 35.3 Å². The maximum Gasteiger partial charge on any atom is 0.410 e. The second kappa shape index (κ2) is 18.4. The molecule has 3 unspecified atom stereocenters. The normalized spacial score (nSPS) is 18.9. The molecule has 2 aliphatic heterocycles. The lowest BCUT2D eigenvalue weighted by Gasteiger charge is -2.42.